The molecule has 0 bridgehead atoms. The van der Waals surface area contributed by atoms with Gasteiger partial charge in [-0.1, -0.05) is 12.1 Å². The fourth-order valence-electron chi connectivity index (χ4n) is 3.65. The minimum atomic E-state index is -1.04. The molecule has 8 nitrogen and oxygen atoms in total. The van der Waals surface area contributed by atoms with E-state index in [0.29, 0.717) is 30.4 Å². The quantitative estimate of drug-likeness (QED) is 0.618. The first-order valence-corrected chi connectivity index (χ1v) is 9.38. The molecule has 3 rings (SSSR count). The van der Waals surface area contributed by atoms with Crippen molar-refractivity contribution in [2.45, 2.75) is 25.0 Å². The van der Waals surface area contributed by atoms with Crippen LogP contribution in [-0.4, -0.2) is 83.8 Å². The van der Waals surface area contributed by atoms with Crippen molar-refractivity contribution in [3.8, 4) is 5.75 Å². The SMILES string of the molecule is O=C(O)COc1ccc(C(O)CN2CCN(C3CCNCC3)CC2=O)cc1. The molecule has 1 aromatic rings. The van der Waals surface area contributed by atoms with Crippen molar-refractivity contribution in [1.82, 2.24) is 15.1 Å². The number of aliphatic hydroxyl groups excluding tert-OH is 1. The van der Waals surface area contributed by atoms with Crippen LogP contribution in [0, 0.1) is 0 Å². The molecule has 8 heteroatoms. The number of carbonyl (C=O) groups is 2. The molecule has 27 heavy (non-hydrogen) atoms. The molecule has 1 amide bonds. The van der Waals surface area contributed by atoms with Gasteiger partial charge >= 0.3 is 5.97 Å². The Morgan fingerprint density at radius 3 is 2.56 bits per heavy atom. The predicted molar refractivity (Wildman–Crippen MR) is 98.6 cm³/mol. The van der Waals surface area contributed by atoms with Crippen LogP contribution in [0.15, 0.2) is 24.3 Å². The second-order valence-corrected chi connectivity index (χ2v) is 7.06. The van der Waals surface area contributed by atoms with E-state index in [-0.39, 0.29) is 12.5 Å². The zero-order chi connectivity index (χ0) is 19.2. The van der Waals surface area contributed by atoms with E-state index >= 15 is 0 Å². The van der Waals surface area contributed by atoms with Crippen molar-refractivity contribution in [2.75, 3.05) is 45.9 Å². The number of aliphatic carboxylic acids is 1. The van der Waals surface area contributed by atoms with Crippen LogP contribution < -0.4 is 10.1 Å². The number of benzene rings is 1. The number of ether oxygens (including phenoxy) is 1. The molecular weight excluding hydrogens is 350 g/mol. The summed E-state index contributed by atoms with van der Waals surface area (Å²) in [6, 6.07) is 7.10. The summed E-state index contributed by atoms with van der Waals surface area (Å²) in [4.78, 5) is 27.0. The third kappa shape index (κ3) is 5.41. The smallest absolute Gasteiger partial charge is 0.341 e. The van der Waals surface area contributed by atoms with Crippen molar-refractivity contribution in [2.24, 2.45) is 0 Å². The molecule has 2 saturated heterocycles. The summed E-state index contributed by atoms with van der Waals surface area (Å²) in [6.45, 7) is 3.74. The lowest BCUT2D eigenvalue weighted by molar-refractivity contribution is -0.139. The van der Waals surface area contributed by atoms with E-state index in [2.05, 4.69) is 10.2 Å². The summed E-state index contributed by atoms with van der Waals surface area (Å²) in [6.07, 6.45) is 1.37. The molecule has 148 valence electrons. The number of β-amino-alcohol motifs (C(OH)–C–C–N with tert-alkyl or cyclic N) is 1. The number of rotatable bonds is 7. The third-order valence-electron chi connectivity index (χ3n) is 5.19. The van der Waals surface area contributed by atoms with Crippen molar-refractivity contribution >= 4 is 11.9 Å². The molecule has 2 heterocycles. The number of piperazine rings is 1. The molecule has 0 aliphatic carbocycles. The van der Waals surface area contributed by atoms with Crippen LogP contribution in [0.2, 0.25) is 0 Å². The molecule has 2 aliphatic rings. The van der Waals surface area contributed by atoms with Gasteiger partial charge in [0.1, 0.15) is 5.75 Å². The second-order valence-electron chi connectivity index (χ2n) is 7.06. The number of hydrogen-bond donors (Lipinski definition) is 3. The predicted octanol–water partition coefficient (Wildman–Crippen LogP) is 0.0796. The average Bonchev–Trinajstić information content (AvgIpc) is 2.69. The minimum absolute atomic E-state index is 0.0558. The van der Waals surface area contributed by atoms with Gasteiger partial charge in [-0.15, -0.1) is 0 Å². The van der Waals surface area contributed by atoms with Gasteiger partial charge in [0.05, 0.1) is 19.2 Å². The fraction of sp³-hybridized carbons (Fsp3) is 0.579. The number of aliphatic hydroxyl groups is 1. The normalized spacial score (nSPS) is 20.5. The molecule has 0 aromatic heterocycles. The van der Waals surface area contributed by atoms with Crippen LogP contribution in [0.1, 0.15) is 24.5 Å². The Morgan fingerprint density at radius 2 is 1.93 bits per heavy atom. The van der Waals surface area contributed by atoms with Crippen LogP contribution in [0.5, 0.6) is 5.75 Å². The van der Waals surface area contributed by atoms with Gasteiger partial charge in [0, 0.05) is 19.1 Å². The number of piperidine rings is 1. The summed E-state index contributed by atoms with van der Waals surface area (Å²) in [5, 5.41) is 22.4. The highest BCUT2D eigenvalue weighted by Gasteiger charge is 2.30. The van der Waals surface area contributed by atoms with Crippen molar-refractivity contribution in [1.29, 1.82) is 0 Å². The zero-order valence-corrected chi connectivity index (χ0v) is 15.3. The van der Waals surface area contributed by atoms with E-state index in [1.54, 1.807) is 29.2 Å². The maximum atomic E-state index is 12.5. The Kier molecular flexibility index (Phi) is 6.65. The van der Waals surface area contributed by atoms with Crippen molar-refractivity contribution in [3.05, 3.63) is 29.8 Å². The van der Waals surface area contributed by atoms with Gasteiger partial charge in [-0.3, -0.25) is 9.69 Å². The van der Waals surface area contributed by atoms with Crippen LogP contribution in [0.25, 0.3) is 0 Å². The van der Waals surface area contributed by atoms with Crippen LogP contribution in [-0.2, 0) is 9.59 Å². The van der Waals surface area contributed by atoms with Gasteiger partial charge in [0.25, 0.3) is 0 Å². The lowest BCUT2D eigenvalue weighted by Crippen LogP contribution is -2.55. The summed E-state index contributed by atoms with van der Waals surface area (Å²) in [7, 11) is 0. The van der Waals surface area contributed by atoms with Gasteiger partial charge in [-0.2, -0.15) is 0 Å². The maximum Gasteiger partial charge on any atom is 0.341 e. The first-order valence-electron chi connectivity index (χ1n) is 9.38. The molecule has 0 spiro atoms. The average molecular weight is 377 g/mol. The monoisotopic (exact) mass is 377 g/mol. The number of hydrogen-bond acceptors (Lipinski definition) is 6. The number of amides is 1. The molecular formula is C19H27N3O5. The van der Waals surface area contributed by atoms with Crippen LogP contribution in [0.4, 0.5) is 0 Å². The Hall–Kier alpha value is -2.16. The molecule has 1 aromatic carbocycles. The first-order chi connectivity index (χ1) is 13.0. The fourth-order valence-corrected chi connectivity index (χ4v) is 3.65. The largest absolute Gasteiger partial charge is 0.482 e. The third-order valence-corrected chi connectivity index (χ3v) is 5.19. The number of nitrogens with zero attached hydrogens (tertiary/aromatic N) is 2. The molecule has 0 radical (unpaired) electrons. The zero-order valence-electron chi connectivity index (χ0n) is 15.3. The van der Waals surface area contributed by atoms with Gasteiger partial charge in [-0.05, 0) is 43.6 Å². The molecule has 1 atom stereocenters. The van der Waals surface area contributed by atoms with Crippen molar-refractivity contribution in [3.63, 3.8) is 0 Å². The van der Waals surface area contributed by atoms with E-state index in [9.17, 15) is 14.7 Å². The summed E-state index contributed by atoms with van der Waals surface area (Å²) in [5.41, 5.74) is 0.672. The highest BCUT2D eigenvalue weighted by Crippen LogP contribution is 2.21. The lowest BCUT2D eigenvalue weighted by atomic mass is 10.0. The number of carbonyl (C=O) groups excluding carboxylic acids is 1. The van der Waals surface area contributed by atoms with E-state index in [4.69, 9.17) is 9.84 Å². The van der Waals surface area contributed by atoms with Gasteiger partial charge in [-0.25, -0.2) is 4.79 Å². The summed E-state index contributed by atoms with van der Waals surface area (Å²) >= 11 is 0. The van der Waals surface area contributed by atoms with Crippen LogP contribution in [0.3, 0.4) is 0 Å². The second kappa shape index (κ2) is 9.16. The highest BCUT2D eigenvalue weighted by molar-refractivity contribution is 5.79. The lowest BCUT2D eigenvalue weighted by Gasteiger charge is -2.40. The van der Waals surface area contributed by atoms with Gasteiger partial charge in [0.2, 0.25) is 5.91 Å². The topological polar surface area (TPSA) is 102 Å². The number of carboxylic acid groups (broad SMARTS) is 1. The maximum absolute atomic E-state index is 12.5. The Labute approximate surface area is 158 Å². The Morgan fingerprint density at radius 1 is 1.22 bits per heavy atom. The van der Waals surface area contributed by atoms with E-state index in [0.717, 1.165) is 32.5 Å². The summed E-state index contributed by atoms with van der Waals surface area (Å²) in [5.74, 6) is -0.554. The summed E-state index contributed by atoms with van der Waals surface area (Å²) < 4.78 is 5.08. The standard InChI is InChI=1S/C19H27N3O5/c23-17(14-1-3-16(4-2-14)27-13-19(25)26)11-22-10-9-21(12-18(22)24)15-5-7-20-8-6-15/h1-4,15,17,20,23H,5-13H2,(H,25,26). The highest BCUT2D eigenvalue weighted by atomic mass is 16.5. The molecule has 1 unspecified atom stereocenters. The molecule has 2 fully saturated rings. The molecule has 2 aliphatic heterocycles. The first kappa shape index (κ1) is 19.6. The molecule has 0 saturated carbocycles. The number of nitrogens with one attached hydrogen (secondary N) is 1. The molecule has 3 N–H and O–H groups in total. The van der Waals surface area contributed by atoms with Crippen molar-refractivity contribution < 1.29 is 24.5 Å². The van der Waals surface area contributed by atoms with Crippen LogP contribution >= 0.6 is 0 Å². The van der Waals surface area contributed by atoms with E-state index < -0.39 is 18.7 Å². The minimum Gasteiger partial charge on any atom is -0.482 e. The Bertz CT molecular complexity index is 645. The van der Waals surface area contributed by atoms with E-state index in [1.807, 2.05) is 0 Å². The number of carboxylic acids is 1. The van der Waals surface area contributed by atoms with E-state index in [1.165, 1.54) is 0 Å². The Balaban J connectivity index is 1.49. The van der Waals surface area contributed by atoms with Gasteiger partial charge < -0.3 is 25.2 Å². The van der Waals surface area contributed by atoms with Gasteiger partial charge in [0.15, 0.2) is 6.61 Å².